The molecule has 2 nitrogen and oxygen atoms in total. The van der Waals surface area contributed by atoms with E-state index in [4.69, 9.17) is 4.42 Å². The molecule has 135 valence electrons. The maximum atomic E-state index is 6.31. The van der Waals surface area contributed by atoms with Gasteiger partial charge in [0.05, 0.1) is 5.58 Å². The van der Waals surface area contributed by atoms with Crippen molar-refractivity contribution in [1.29, 1.82) is 0 Å². The van der Waals surface area contributed by atoms with E-state index >= 15 is 0 Å². The molecule has 0 spiro atoms. The van der Waals surface area contributed by atoms with Gasteiger partial charge in [0.15, 0.2) is 0 Å². The summed E-state index contributed by atoms with van der Waals surface area (Å²) >= 11 is 0. The third kappa shape index (κ3) is 3.07. The van der Waals surface area contributed by atoms with Crippen molar-refractivity contribution in [2.24, 2.45) is 0 Å². The largest absolute Gasteiger partial charge is 0.501 e. The number of furan rings is 1. The molecular weight excluding hydrogens is 515 g/mol. The molecule has 2 aromatic carbocycles. The van der Waals surface area contributed by atoms with E-state index in [-0.39, 0.29) is 20.1 Å². The van der Waals surface area contributed by atoms with Crippen LogP contribution in [0.1, 0.15) is 11.1 Å². The fraction of sp³-hybridized carbons (Fsp3) is 0.227. The minimum Gasteiger partial charge on any atom is -0.501 e. The minimum absolute atomic E-state index is 0. The molecule has 0 atom stereocenters. The summed E-state index contributed by atoms with van der Waals surface area (Å²) in [7, 11) is -1.54. The number of benzene rings is 2. The first kappa shape index (κ1) is 19.0. The molecule has 4 aromatic rings. The molecule has 0 unspecified atom stereocenters. The van der Waals surface area contributed by atoms with Crippen molar-refractivity contribution in [2.45, 2.75) is 33.5 Å². The minimum atomic E-state index is -1.54. The smallest absolute Gasteiger partial charge is 0.120 e. The number of hydrogen-bond acceptors (Lipinski definition) is 2. The van der Waals surface area contributed by atoms with Crippen molar-refractivity contribution in [2.75, 3.05) is 0 Å². The van der Waals surface area contributed by atoms with Gasteiger partial charge in [0, 0.05) is 39.8 Å². The predicted octanol–water partition coefficient (Wildman–Crippen LogP) is 5.61. The monoisotopic (exact) mass is 537 g/mol. The van der Waals surface area contributed by atoms with Crippen LogP contribution in [0.2, 0.25) is 19.6 Å². The number of aromatic nitrogens is 1. The number of rotatable bonds is 2. The third-order valence-electron chi connectivity index (χ3n) is 4.71. The van der Waals surface area contributed by atoms with Gasteiger partial charge in [-0.25, -0.2) is 0 Å². The normalized spacial score (nSPS) is 11.7. The molecule has 0 fully saturated rings. The molecule has 0 aliphatic heterocycles. The van der Waals surface area contributed by atoms with Crippen LogP contribution in [0, 0.1) is 19.9 Å². The molecule has 0 saturated carbocycles. The van der Waals surface area contributed by atoms with Gasteiger partial charge in [0.25, 0.3) is 0 Å². The van der Waals surface area contributed by atoms with E-state index in [1.807, 2.05) is 18.3 Å². The molecule has 2 heterocycles. The molecule has 4 heteroatoms. The van der Waals surface area contributed by atoms with Crippen LogP contribution in [0.25, 0.3) is 33.2 Å². The standard InChI is InChI=1S/C22H22NOSi.Ir/c1-14-12-15(2)21(23-13-14)17-10-11-19(25(3,4)5)20-16-8-6-7-9-18(16)24-22(17)20;/h6-9,11-13H,1-5H3;/q-1;. The Morgan fingerprint density at radius 2 is 1.81 bits per heavy atom. The van der Waals surface area contributed by atoms with Gasteiger partial charge >= 0.3 is 0 Å². The Morgan fingerprint density at radius 1 is 1.08 bits per heavy atom. The Balaban J connectivity index is 0.00000196. The molecule has 0 saturated heterocycles. The van der Waals surface area contributed by atoms with Crippen molar-refractivity contribution >= 4 is 35.2 Å². The van der Waals surface area contributed by atoms with Crippen molar-refractivity contribution in [3.8, 4) is 11.3 Å². The van der Waals surface area contributed by atoms with E-state index in [9.17, 15) is 0 Å². The second-order valence-corrected chi connectivity index (χ2v) is 12.8. The van der Waals surface area contributed by atoms with Crippen LogP contribution in [0.15, 0.2) is 47.0 Å². The Morgan fingerprint density at radius 3 is 2.50 bits per heavy atom. The summed E-state index contributed by atoms with van der Waals surface area (Å²) in [5, 5.41) is 3.82. The summed E-state index contributed by atoms with van der Waals surface area (Å²) in [5.74, 6) is 0. The summed E-state index contributed by atoms with van der Waals surface area (Å²) in [5.41, 5.74) is 6.09. The van der Waals surface area contributed by atoms with E-state index in [2.05, 4.69) is 68.8 Å². The first-order chi connectivity index (χ1) is 11.9. The van der Waals surface area contributed by atoms with Crippen LogP contribution in [0.3, 0.4) is 0 Å². The molecule has 4 rings (SSSR count). The van der Waals surface area contributed by atoms with Gasteiger partial charge in [-0.3, -0.25) is 0 Å². The fourth-order valence-electron chi connectivity index (χ4n) is 3.52. The van der Waals surface area contributed by atoms with Crippen molar-refractivity contribution < 1.29 is 24.5 Å². The third-order valence-corrected chi connectivity index (χ3v) is 6.72. The van der Waals surface area contributed by atoms with E-state index < -0.39 is 8.07 Å². The predicted molar refractivity (Wildman–Crippen MR) is 108 cm³/mol. The average Bonchev–Trinajstić information content (AvgIpc) is 2.93. The summed E-state index contributed by atoms with van der Waals surface area (Å²) in [4.78, 5) is 4.68. The molecule has 0 aliphatic rings. The van der Waals surface area contributed by atoms with E-state index in [0.717, 1.165) is 28.0 Å². The SMILES string of the molecule is Cc1cnc(-c2[c-]cc([Si](C)(C)C)c3c2oc2ccccc23)c(C)c1.[Ir]. The van der Waals surface area contributed by atoms with Gasteiger partial charge in [0.2, 0.25) is 0 Å². The molecular formula is C22H22IrNOSi-. The number of pyridine rings is 1. The zero-order valence-corrected chi connectivity index (χ0v) is 19.1. The molecule has 1 radical (unpaired) electrons. The van der Waals surface area contributed by atoms with Crippen molar-refractivity contribution in [3.05, 3.63) is 59.8 Å². The molecule has 2 aromatic heterocycles. The molecule has 26 heavy (non-hydrogen) atoms. The topological polar surface area (TPSA) is 26.0 Å². The number of nitrogens with zero attached hydrogens (tertiary/aromatic N) is 1. The van der Waals surface area contributed by atoms with Gasteiger partial charge in [-0.05, 0) is 31.2 Å². The Labute approximate surface area is 169 Å². The Bertz CT molecular complexity index is 1110. The maximum Gasteiger partial charge on any atom is 0.120 e. The molecule has 0 bridgehead atoms. The van der Waals surface area contributed by atoms with Crippen LogP contribution < -0.4 is 5.19 Å². The van der Waals surface area contributed by atoms with E-state index in [1.54, 1.807) is 0 Å². The molecule has 0 aliphatic carbocycles. The van der Waals surface area contributed by atoms with Crippen LogP contribution in [0.4, 0.5) is 0 Å². The maximum absolute atomic E-state index is 6.31. The zero-order chi connectivity index (χ0) is 17.8. The summed E-state index contributed by atoms with van der Waals surface area (Å²) in [6.45, 7) is 11.3. The fourth-order valence-corrected chi connectivity index (χ4v) is 5.02. The number of aryl methyl sites for hydroxylation is 2. The number of hydrogen-bond donors (Lipinski definition) is 0. The van der Waals surface area contributed by atoms with Crippen LogP contribution >= 0.6 is 0 Å². The van der Waals surface area contributed by atoms with Gasteiger partial charge in [-0.2, -0.15) is 0 Å². The summed E-state index contributed by atoms with van der Waals surface area (Å²) < 4.78 is 6.31. The first-order valence-electron chi connectivity index (χ1n) is 8.66. The van der Waals surface area contributed by atoms with Gasteiger partial charge in [0.1, 0.15) is 5.58 Å². The van der Waals surface area contributed by atoms with E-state index in [0.29, 0.717) is 0 Å². The van der Waals surface area contributed by atoms with Gasteiger partial charge in [-0.1, -0.05) is 60.4 Å². The second kappa shape index (κ2) is 6.77. The van der Waals surface area contributed by atoms with E-state index in [1.165, 1.54) is 21.5 Å². The number of fused-ring (bicyclic) bond motifs is 3. The molecule has 0 N–H and O–H groups in total. The Hall–Kier alpha value is -1.74. The number of para-hydroxylation sites is 1. The Kier molecular flexibility index (Phi) is 4.95. The average molecular weight is 537 g/mol. The second-order valence-electron chi connectivity index (χ2n) is 7.81. The van der Waals surface area contributed by atoms with Gasteiger partial charge in [-0.15, -0.1) is 17.3 Å². The summed E-state index contributed by atoms with van der Waals surface area (Å²) in [6.07, 6.45) is 1.91. The summed E-state index contributed by atoms with van der Waals surface area (Å²) in [6, 6.07) is 16.1. The van der Waals surface area contributed by atoms with Crippen LogP contribution in [-0.4, -0.2) is 13.1 Å². The van der Waals surface area contributed by atoms with Crippen LogP contribution in [-0.2, 0) is 20.1 Å². The first-order valence-corrected chi connectivity index (χ1v) is 12.2. The van der Waals surface area contributed by atoms with Crippen molar-refractivity contribution in [1.82, 2.24) is 4.98 Å². The quantitative estimate of drug-likeness (QED) is 0.246. The molecule has 0 amide bonds. The zero-order valence-electron chi connectivity index (χ0n) is 15.7. The van der Waals surface area contributed by atoms with Gasteiger partial charge < -0.3 is 9.40 Å². The van der Waals surface area contributed by atoms with Crippen molar-refractivity contribution in [3.63, 3.8) is 0 Å². The van der Waals surface area contributed by atoms with Crippen LogP contribution in [0.5, 0.6) is 0 Å².